The summed E-state index contributed by atoms with van der Waals surface area (Å²) in [4.78, 5) is 68.7. The molecular formula is C33H47Cl2N5O5. The van der Waals surface area contributed by atoms with E-state index in [-0.39, 0.29) is 49.3 Å². The number of nitrogens with zero attached hydrogens (tertiary/aromatic N) is 1. The molecule has 0 aromatic rings. The van der Waals surface area contributed by atoms with Gasteiger partial charge in [-0.3, -0.25) is 19.2 Å². The SMILES string of the molecule is C=CCCNC(=O)C(=O)C(CCC=C)NC(=O)[C@@H]1[C@@H]2[C@H](CN1C(=O)[C@@H](NC(=O)NC1CC3CCC1C3)C1CCCCC1)C2(Cl)Cl. The molecular weight excluding hydrogens is 617 g/mol. The molecule has 0 aromatic heterocycles. The maximum atomic E-state index is 14.3. The summed E-state index contributed by atoms with van der Waals surface area (Å²) in [5.41, 5.74) is 0. The van der Waals surface area contributed by atoms with E-state index in [0.29, 0.717) is 24.7 Å². The van der Waals surface area contributed by atoms with Gasteiger partial charge in [0.05, 0.1) is 6.04 Å². The number of amides is 5. The molecule has 0 radical (unpaired) electrons. The number of carbonyl (C=O) groups is 5. The summed E-state index contributed by atoms with van der Waals surface area (Å²) in [5.74, 6) is -2.26. The molecule has 10 nitrogen and oxygen atoms in total. The molecule has 12 heteroatoms. The van der Waals surface area contributed by atoms with Crippen molar-refractivity contribution in [3.63, 3.8) is 0 Å². The van der Waals surface area contributed by atoms with Crippen LogP contribution in [-0.4, -0.2) is 76.0 Å². The fourth-order valence-electron chi connectivity index (χ4n) is 8.28. The summed E-state index contributed by atoms with van der Waals surface area (Å²) in [7, 11) is 0. The predicted molar refractivity (Wildman–Crippen MR) is 172 cm³/mol. The maximum Gasteiger partial charge on any atom is 0.315 e. The van der Waals surface area contributed by atoms with Gasteiger partial charge in [-0.1, -0.05) is 37.8 Å². The van der Waals surface area contributed by atoms with Crippen molar-refractivity contribution >= 4 is 52.7 Å². The molecule has 4 N–H and O–H groups in total. The van der Waals surface area contributed by atoms with Gasteiger partial charge in [0.25, 0.3) is 5.91 Å². The number of allylic oxidation sites excluding steroid dienone is 1. The Bertz CT molecular complexity index is 1190. The Labute approximate surface area is 275 Å². The van der Waals surface area contributed by atoms with Gasteiger partial charge in [0.15, 0.2) is 0 Å². The van der Waals surface area contributed by atoms with Crippen molar-refractivity contribution in [2.24, 2.45) is 29.6 Å². The van der Waals surface area contributed by atoms with E-state index in [4.69, 9.17) is 23.2 Å². The second kappa shape index (κ2) is 14.4. The van der Waals surface area contributed by atoms with Crippen molar-refractivity contribution in [1.29, 1.82) is 0 Å². The summed E-state index contributed by atoms with van der Waals surface area (Å²) in [5, 5.41) is 11.5. The molecule has 1 saturated heterocycles. The summed E-state index contributed by atoms with van der Waals surface area (Å²) >= 11 is 13.2. The monoisotopic (exact) mass is 663 g/mol. The van der Waals surface area contributed by atoms with E-state index in [1.807, 2.05) is 0 Å². The Kier molecular flexibility index (Phi) is 10.8. The zero-order valence-corrected chi connectivity index (χ0v) is 27.4. The van der Waals surface area contributed by atoms with E-state index in [0.717, 1.165) is 51.4 Å². The summed E-state index contributed by atoms with van der Waals surface area (Å²) in [6.07, 6.45) is 13.4. The zero-order valence-electron chi connectivity index (χ0n) is 25.9. The number of urea groups is 1. The lowest BCUT2D eigenvalue weighted by molar-refractivity contribution is -0.144. The first-order valence-corrected chi connectivity index (χ1v) is 17.4. The number of rotatable bonds is 14. The van der Waals surface area contributed by atoms with Crippen LogP contribution in [0, 0.1) is 29.6 Å². The van der Waals surface area contributed by atoms with Gasteiger partial charge in [-0.25, -0.2) is 4.79 Å². The molecule has 1 heterocycles. The van der Waals surface area contributed by atoms with Crippen LogP contribution in [0.25, 0.3) is 0 Å². The number of nitrogens with one attached hydrogen (secondary N) is 4. The van der Waals surface area contributed by atoms with Crippen molar-refractivity contribution in [3.8, 4) is 0 Å². The Balaban J connectivity index is 1.31. The van der Waals surface area contributed by atoms with Crippen LogP contribution in [0.3, 0.4) is 0 Å². The van der Waals surface area contributed by atoms with Crippen LogP contribution in [0.1, 0.15) is 77.0 Å². The number of alkyl halides is 2. The Morgan fingerprint density at radius 2 is 1.67 bits per heavy atom. The minimum Gasteiger partial charge on any atom is -0.349 e. The zero-order chi connectivity index (χ0) is 32.3. The van der Waals surface area contributed by atoms with Crippen LogP contribution in [0.15, 0.2) is 25.3 Å². The molecule has 248 valence electrons. The molecule has 4 aliphatic carbocycles. The molecule has 2 bridgehead atoms. The van der Waals surface area contributed by atoms with Crippen LogP contribution < -0.4 is 21.3 Å². The Morgan fingerprint density at radius 1 is 0.933 bits per heavy atom. The predicted octanol–water partition coefficient (Wildman–Crippen LogP) is 3.77. The van der Waals surface area contributed by atoms with Gasteiger partial charge in [-0.15, -0.1) is 36.4 Å². The van der Waals surface area contributed by atoms with Crippen molar-refractivity contribution in [1.82, 2.24) is 26.2 Å². The van der Waals surface area contributed by atoms with Gasteiger partial charge in [-0.05, 0) is 69.1 Å². The maximum absolute atomic E-state index is 14.3. The van der Waals surface area contributed by atoms with Gasteiger partial charge in [0.2, 0.25) is 17.6 Å². The van der Waals surface area contributed by atoms with Gasteiger partial charge in [0.1, 0.15) is 16.4 Å². The van der Waals surface area contributed by atoms with Crippen LogP contribution in [0.5, 0.6) is 0 Å². The summed E-state index contributed by atoms with van der Waals surface area (Å²) in [6, 6.07) is -3.18. The van der Waals surface area contributed by atoms with Crippen molar-refractivity contribution < 1.29 is 24.0 Å². The molecule has 0 aromatic carbocycles. The van der Waals surface area contributed by atoms with E-state index in [1.54, 1.807) is 12.2 Å². The lowest BCUT2D eigenvalue weighted by Crippen LogP contribution is -2.61. The molecule has 45 heavy (non-hydrogen) atoms. The van der Waals surface area contributed by atoms with E-state index in [9.17, 15) is 24.0 Å². The third-order valence-electron chi connectivity index (χ3n) is 10.8. The molecule has 1 aliphatic heterocycles. The van der Waals surface area contributed by atoms with Crippen LogP contribution in [-0.2, 0) is 19.2 Å². The number of hydrogen-bond donors (Lipinski definition) is 4. The van der Waals surface area contributed by atoms with E-state index in [2.05, 4.69) is 34.4 Å². The van der Waals surface area contributed by atoms with E-state index in [1.165, 1.54) is 11.3 Å². The molecule has 0 spiro atoms. The first-order valence-electron chi connectivity index (χ1n) is 16.7. The number of ketones is 1. The van der Waals surface area contributed by atoms with Crippen molar-refractivity contribution in [3.05, 3.63) is 25.3 Å². The molecule has 8 atom stereocenters. The number of piperidine rings is 1. The second-order valence-electron chi connectivity index (χ2n) is 13.6. The molecule has 5 amide bonds. The highest BCUT2D eigenvalue weighted by molar-refractivity contribution is 6.51. The fourth-order valence-corrected chi connectivity index (χ4v) is 9.10. The largest absolute Gasteiger partial charge is 0.349 e. The third kappa shape index (κ3) is 7.37. The highest BCUT2D eigenvalue weighted by Gasteiger charge is 2.74. The number of halogens is 2. The minimum absolute atomic E-state index is 0.0596. The lowest BCUT2D eigenvalue weighted by Gasteiger charge is -2.37. The van der Waals surface area contributed by atoms with Gasteiger partial charge < -0.3 is 26.2 Å². The number of fused-ring (bicyclic) bond motifs is 3. The molecule has 4 saturated carbocycles. The fraction of sp³-hybridized carbons (Fsp3) is 0.727. The van der Waals surface area contributed by atoms with Crippen LogP contribution >= 0.6 is 23.2 Å². The number of hydrogen-bond acceptors (Lipinski definition) is 5. The number of carbonyl (C=O) groups excluding carboxylic acids is 5. The molecule has 5 rings (SSSR count). The molecule has 4 unspecified atom stereocenters. The van der Waals surface area contributed by atoms with Crippen molar-refractivity contribution in [2.45, 2.75) is 106 Å². The summed E-state index contributed by atoms with van der Waals surface area (Å²) < 4.78 is -1.19. The highest BCUT2D eigenvalue weighted by atomic mass is 35.5. The quantitative estimate of drug-likeness (QED) is 0.0971. The second-order valence-corrected chi connectivity index (χ2v) is 15.1. The lowest BCUT2D eigenvalue weighted by atomic mass is 9.83. The highest BCUT2D eigenvalue weighted by Crippen LogP contribution is 2.65. The molecule has 5 aliphatic rings. The third-order valence-corrected chi connectivity index (χ3v) is 11.8. The minimum atomic E-state index is -1.19. The standard InChI is InChI=1S/C33H47Cl2N5O5/c1-3-5-12-23(28(41)30(43)36-15-6-4-2)37-29(42)27-25-22(33(25,34)35)18-40(27)31(44)26(20-10-8-7-9-11-20)39-32(45)38-24-17-19-13-14-21(24)16-19/h3-4,19-27H,1-2,5-18H2,(H,36,43)(H,37,42)(H2,38,39,45)/t19?,21?,22-,23?,24?,25-,26-,27-/m0/s1. The Hall–Kier alpha value is -2.59. The van der Waals surface area contributed by atoms with Crippen LogP contribution in [0.4, 0.5) is 4.79 Å². The normalized spacial score (nSPS) is 30.8. The smallest absolute Gasteiger partial charge is 0.315 e. The number of Topliss-reactive ketones (excluding diaryl/α,β-unsaturated/α-hetero) is 1. The van der Waals surface area contributed by atoms with Crippen molar-refractivity contribution in [2.75, 3.05) is 13.1 Å². The molecule has 5 fully saturated rings. The average Bonchev–Trinajstić information content (AvgIpc) is 3.54. The average molecular weight is 665 g/mol. The van der Waals surface area contributed by atoms with Gasteiger partial charge in [-0.2, -0.15) is 0 Å². The topological polar surface area (TPSA) is 137 Å². The van der Waals surface area contributed by atoms with E-state index < -0.39 is 46.0 Å². The van der Waals surface area contributed by atoms with Gasteiger partial charge in [0, 0.05) is 31.0 Å². The van der Waals surface area contributed by atoms with E-state index >= 15 is 0 Å². The first-order chi connectivity index (χ1) is 21.6. The number of likely N-dealkylation sites (tertiary alicyclic amines) is 1. The first kappa shape index (κ1) is 33.8. The summed E-state index contributed by atoms with van der Waals surface area (Å²) in [6.45, 7) is 7.72. The van der Waals surface area contributed by atoms with Gasteiger partial charge >= 0.3 is 6.03 Å². The Morgan fingerprint density at radius 3 is 2.31 bits per heavy atom. The van der Waals surface area contributed by atoms with Crippen LogP contribution in [0.2, 0.25) is 0 Å².